The van der Waals surface area contributed by atoms with Crippen LogP contribution < -0.4 is 4.90 Å². The first-order valence-corrected chi connectivity index (χ1v) is 6.94. The number of ether oxygens (including phenoxy) is 1. The van der Waals surface area contributed by atoms with Gasteiger partial charge in [-0.1, -0.05) is 0 Å². The lowest BCUT2D eigenvalue weighted by Crippen LogP contribution is -2.52. The number of benzene rings is 1. The van der Waals surface area contributed by atoms with Crippen LogP contribution in [0.15, 0.2) is 18.2 Å². The van der Waals surface area contributed by atoms with Crippen molar-refractivity contribution in [3.05, 3.63) is 29.6 Å². The Morgan fingerprint density at radius 3 is 2.81 bits per heavy atom. The van der Waals surface area contributed by atoms with Gasteiger partial charge in [-0.2, -0.15) is 0 Å². The number of nitrogens with zero attached hydrogens (tertiary/aromatic N) is 2. The topological polar surface area (TPSA) is 53.0 Å². The minimum atomic E-state index is -0.537. The van der Waals surface area contributed by atoms with Crippen LogP contribution in [-0.4, -0.2) is 61.9 Å². The average molecular weight is 296 g/mol. The second kappa shape index (κ2) is 6.41. The van der Waals surface area contributed by atoms with E-state index in [4.69, 9.17) is 9.84 Å². The first-order valence-electron chi connectivity index (χ1n) is 6.94. The monoisotopic (exact) mass is 296 g/mol. The van der Waals surface area contributed by atoms with Crippen LogP contribution in [0.2, 0.25) is 0 Å². The zero-order chi connectivity index (χ0) is 15.6. The molecule has 2 rings (SSSR count). The van der Waals surface area contributed by atoms with E-state index in [0.717, 1.165) is 0 Å². The van der Waals surface area contributed by atoms with Crippen molar-refractivity contribution in [3.63, 3.8) is 0 Å². The fourth-order valence-corrected chi connectivity index (χ4v) is 2.32. The maximum absolute atomic E-state index is 14.2. The number of hydrogen-bond donors (Lipinski definition) is 1. The van der Waals surface area contributed by atoms with Gasteiger partial charge in [0.1, 0.15) is 5.82 Å². The molecule has 0 aromatic heterocycles. The number of hydrogen-bond acceptors (Lipinski definition) is 4. The van der Waals surface area contributed by atoms with Crippen LogP contribution in [0.1, 0.15) is 17.3 Å². The van der Waals surface area contributed by atoms with E-state index in [0.29, 0.717) is 12.3 Å². The van der Waals surface area contributed by atoms with Crippen molar-refractivity contribution >= 4 is 11.6 Å². The predicted octanol–water partition coefficient (Wildman–Crippen LogP) is 1.11. The molecule has 6 heteroatoms. The second-order valence-corrected chi connectivity index (χ2v) is 5.50. The molecule has 0 saturated carbocycles. The summed E-state index contributed by atoms with van der Waals surface area (Å²) in [5, 5.41) is 9.16. The van der Waals surface area contributed by atoms with Gasteiger partial charge in [-0.25, -0.2) is 4.39 Å². The number of anilines is 1. The van der Waals surface area contributed by atoms with E-state index >= 15 is 0 Å². The molecule has 0 bridgehead atoms. The zero-order valence-corrected chi connectivity index (χ0v) is 12.5. The van der Waals surface area contributed by atoms with Gasteiger partial charge in [0.25, 0.3) is 5.91 Å². The largest absolute Gasteiger partial charge is 0.394 e. The summed E-state index contributed by atoms with van der Waals surface area (Å²) >= 11 is 0. The molecule has 0 radical (unpaired) electrons. The molecule has 116 valence electrons. The molecule has 1 aromatic rings. The Balaban J connectivity index is 2.22. The van der Waals surface area contributed by atoms with E-state index in [1.54, 1.807) is 15.9 Å². The lowest BCUT2D eigenvalue weighted by Gasteiger charge is -2.37. The number of carbonyl (C=O) groups excluding carboxylic acids is 1. The molecule has 1 N–H and O–H groups in total. The number of morpholine rings is 1. The van der Waals surface area contributed by atoms with Crippen molar-refractivity contribution < 1.29 is 19.0 Å². The van der Waals surface area contributed by atoms with Gasteiger partial charge in [-0.05, 0) is 25.1 Å². The standard InChI is InChI=1S/C15H21FN2O3/c1-10-9-21-12(8-19)7-18(10)15(20)13-5-4-11(17(2)3)6-14(13)16/h4-6,10,12,19H,7-9H2,1-3H3/t10-,12-/m1/s1. The Hall–Kier alpha value is -1.66. The van der Waals surface area contributed by atoms with Crippen molar-refractivity contribution in [2.75, 3.05) is 38.8 Å². The quantitative estimate of drug-likeness (QED) is 0.908. The van der Waals surface area contributed by atoms with Gasteiger partial charge in [-0.3, -0.25) is 4.79 Å². The minimum absolute atomic E-state index is 0.0473. The Morgan fingerprint density at radius 1 is 1.52 bits per heavy atom. The lowest BCUT2D eigenvalue weighted by atomic mass is 10.1. The fraction of sp³-hybridized carbons (Fsp3) is 0.533. The maximum atomic E-state index is 14.2. The zero-order valence-electron chi connectivity index (χ0n) is 12.5. The van der Waals surface area contributed by atoms with Crippen LogP contribution in [0.3, 0.4) is 0 Å². The highest BCUT2D eigenvalue weighted by Gasteiger charge is 2.31. The highest BCUT2D eigenvalue weighted by Crippen LogP contribution is 2.21. The summed E-state index contributed by atoms with van der Waals surface area (Å²) in [4.78, 5) is 15.8. The number of amides is 1. The van der Waals surface area contributed by atoms with Gasteiger partial charge < -0.3 is 19.6 Å². The molecular formula is C15H21FN2O3. The maximum Gasteiger partial charge on any atom is 0.257 e. The summed E-state index contributed by atoms with van der Waals surface area (Å²) in [6, 6.07) is 4.42. The first-order chi connectivity index (χ1) is 9.93. The molecule has 0 unspecified atom stereocenters. The SMILES string of the molecule is C[C@@H]1CO[C@@H](CO)CN1C(=O)c1ccc(N(C)C)cc1F. The van der Waals surface area contributed by atoms with Crippen molar-refractivity contribution in [1.29, 1.82) is 0 Å². The molecule has 1 saturated heterocycles. The van der Waals surface area contributed by atoms with Crippen molar-refractivity contribution in [1.82, 2.24) is 4.90 Å². The van der Waals surface area contributed by atoms with Crippen LogP contribution in [0.4, 0.5) is 10.1 Å². The van der Waals surface area contributed by atoms with Crippen LogP contribution in [0.25, 0.3) is 0 Å². The predicted molar refractivity (Wildman–Crippen MR) is 78.1 cm³/mol. The van der Waals surface area contributed by atoms with Crippen molar-refractivity contribution in [2.24, 2.45) is 0 Å². The van der Waals surface area contributed by atoms with Gasteiger partial charge in [0, 0.05) is 26.3 Å². The molecule has 0 spiro atoms. The molecule has 1 amide bonds. The number of aliphatic hydroxyl groups is 1. The summed E-state index contributed by atoms with van der Waals surface area (Å²) in [7, 11) is 3.62. The van der Waals surface area contributed by atoms with Crippen molar-refractivity contribution in [2.45, 2.75) is 19.1 Å². The Kier molecular flexibility index (Phi) is 4.80. The Labute approximate surface area is 123 Å². The Morgan fingerprint density at radius 2 is 2.24 bits per heavy atom. The molecular weight excluding hydrogens is 275 g/mol. The summed E-state index contributed by atoms with van der Waals surface area (Å²) in [6.45, 7) is 2.30. The number of aliphatic hydroxyl groups excluding tert-OH is 1. The number of halogens is 1. The molecule has 1 fully saturated rings. The van der Waals surface area contributed by atoms with E-state index in [2.05, 4.69) is 0 Å². The van der Waals surface area contributed by atoms with E-state index in [1.165, 1.54) is 12.1 Å². The molecule has 0 aliphatic carbocycles. The number of rotatable bonds is 3. The molecule has 1 aliphatic rings. The van der Waals surface area contributed by atoms with E-state index < -0.39 is 11.9 Å². The second-order valence-electron chi connectivity index (χ2n) is 5.50. The highest BCUT2D eigenvalue weighted by atomic mass is 19.1. The van der Waals surface area contributed by atoms with Crippen LogP contribution in [-0.2, 0) is 4.74 Å². The normalized spacial score (nSPS) is 22.2. The van der Waals surface area contributed by atoms with Gasteiger partial charge in [0.05, 0.1) is 30.9 Å². The molecule has 21 heavy (non-hydrogen) atoms. The molecule has 1 aliphatic heterocycles. The lowest BCUT2D eigenvalue weighted by molar-refractivity contribution is -0.0668. The summed E-state index contributed by atoms with van der Waals surface area (Å²) in [5.74, 6) is -0.905. The molecule has 5 nitrogen and oxygen atoms in total. The number of carbonyl (C=O) groups is 1. The smallest absolute Gasteiger partial charge is 0.257 e. The molecule has 1 heterocycles. The van der Waals surface area contributed by atoms with Gasteiger partial charge in [-0.15, -0.1) is 0 Å². The third-order valence-corrected chi connectivity index (χ3v) is 3.67. The summed E-state index contributed by atoms with van der Waals surface area (Å²) < 4.78 is 19.6. The van der Waals surface area contributed by atoms with Crippen LogP contribution in [0, 0.1) is 5.82 Å². The fourth-order valence-electron chi connectivity index (χ4n) is 2.32. The first kappa shape index (κ1) is 15.7. The highest BCUT2D eigenvalue weighted by molar-refractivity contribution is 5.95. The van der Waals surface area contributed by atoms with E-state index in [1.807, 2.05) is 21.0 Å². The van der Waals surface area contributed by atoms with Gasteiger partial charge in [0.2, 0.25) is 0 Å². The molecule has 1 aromatic carbocycles. The summed E-state index contributed by atoms with van der Waals surface area (Å²) in [6.07, 6.45) is -0.408. The third-order valence-electron chi connectivity index (χ3n) is 3.67. The Bertz CT molecular complexity index is 522. The minimum Gasteiger partial charge on any atom is -0.394 e. The summed E-state index contributed by atoms with van der Waals surface area (Å²) in [5.41, 5.74) is 0.748. The van der Waals surface area contributed by atoms with Crippen LogP contribution >= 0.6 is 0 Å². The van der Waals surface area contributed by atoms with Crippen molar-refractivity contribution in [3.8, 4) is 0 Å². The van der Waals surface area contributed by atoms with E-state index in [9.17, 15) is 9.18 Å². The average Bonchev–Trinajstić information content (AvgIpc) is 2.47. The van der Waals surface area contributed by atoms with E-state index in [-0.39, 0.29) is 30.7 Å². The van der Waals surface area contributed by atoms with Crippen LogP contribution in [0.5, 0.6) is 0 Å². The van der Waals surface area contributed by atoms with Gasteiger partial charge >= 0.3 is 0 Å². The molecule has 2 atom stereocenters. The van der Waals surface area contributed by atoms with Gasteiger partial charge in [0.15, 0.2) is 0 Å². The third kappa shape index (κ3) is 3.33.